The quantitative estimate of drug-likeness (QED) is 0.885. The van der Waals surface area contributed by atoms with Crippen molar-refractivity contribution in [2.75, 3.05) is 24.5 Å². The van der Waals surface area contributed by atoms with Gasteiger partial charge in [0.15, 0.2) is 0 Å². The number of hydrogen-bond acceptors (Lipinski definition) is 3. The summed E-state index contributed by atoms with van der Waals surface area (Å²) < 4.78 is 0. The lowest BCUT2D eigenvalue weighted by Gasteiger charge is -2.40. The molecule has 1 unspecified atom stereocenters. The molecule has 0 radical (unpaired) electrons. The Hall–Kier alpha value is -1.09. The Morgan fingerprint density at radius 1 is 1.26 bits per heavy atom. The summed E-state index contributed by atoms with van der Waals surface area (Å²) >= 11 is 0. The Kier molecular flexibility index (Phi) is 4.02. The van der Waals surface area contributed by atoms with Crippen molar-refractivity contribution in [3.05, 3.63) is 24.0 Å². The Bertz CT molecular complexity index is 412. The van der Waals surface area contributed by atoms with Gasteiger partial charge in [-0.15, -0.1) is 0 Å². The normalized spacial score (nSPS) is 25.5. The minimum Gasteiger partial charge on any atom is -0.367 e. The lowest BCUT2D eigenvalue weighted by molar-refractivity contribution is 0.257. The summed E-state index contributed by atoms with van der Waals surface area (Å²) in [7, 11) is 0. The van der Waals surface area contributed by atoms with E-state index in [9.17, 15) is 0 Å². The first kappa shape index (κ1) is 12.9. The lowest BCUT2D eigenvalue weighted by Crippen LogP contribution is -2.54. The molecule has 2 aliphatic rings. The molecule has 1 aliphatic carbocycles. The molecule has 2 fully saturated rings. The SMILES string of the molecule is Cc1ccncc1N1CCNC(C2CCCCC2)C1. The molecule has 1 aromatic rings. The predicted octanol–water partition coefficient (Wildman–Crippen LogP) is 2.75. The molecule has 3 heteroatoms. The zero-order valence-corrected chi connectivity index (χ0v) is 11.9. The molecular weight excluding hydrogens is 234 g/mol. The summed E-state index contributed by atoms with van der Waals surface area (Å²) in [4.78, 5) is 6.82. The van der Waals surface area contributed by atoms with Gasteiger partial charge in [0.1, 0.15) is 0 Å². The first-order chi connectivity index (χ1) is 9.34. The van der Waals surface area contributed by atoms with Gasteiger partial charge in [-0.3, -0.25) is 4.98 Å². The van der Waals surface area contributed by atoms with Crippen molar-refractivity contribution >= 4 is 5.69 Å². The number of hydrogen-bond donors (Lipinski definition) is 1. The van der Waals surface area contributed by atoms with E-state index in [0.29, 0.717) is 6.04 Å². The smallest absolute Gasteiger partial charge is 0.0583 e. The number of anilines is 1. The number of piperazine rings is 1. The first-order valence-electron chi connectivity index (χ1n) is 7.73. The highest BCUT2D eigenvalue weighted by molar-refractivity contribution is 5.51. The van der Waals surface area contributed by atoms with E-state index in [1.54, 1.807) is 0 Å². The van der Waals surface area contributed by atoms with E-state index in [-0.39, 0.29) is 0 Å². The van der Waals surface area contributed by atoms with Crippen molar-refractivity contribution in [2.45, 2.75) is 45.1 Å². The van der Waals surface area contributed by atoms with Gasteiger partial charge >= 0.3 is 0 Å². The summed E-state index contributed by atoms with van der Waals surface area (Å²) in [6, 6.07) is 2.79. The van der Waals surface area contributed by atoms with Gasteiger partial charge in [-0.1, -0.05) is 19.3 Å². The zero-order valence-electron chi connectivity index (χ0n) is 11.9. The van der Waals surface area contributed by atoms with Gasteiger partial charge in [0.25, 0.3) is 0 Å². The average Bonchev–Trinajstić information content (AvgIpc) is 2.49. The van der Waals surface area contributed by atoms with Crippen LogP contribution in [0, 0.1) is 12.8 Å². The Morgan fingerprint density at radius 2 is 2.11 bits per heavy atom. The van der Waals surface area contributed by atoms with Crippen LogP contribution in [0.1, 0.15) is 37.7 Å². The van der Waals surface area contributed by atoms with Crippen molar-refractivity contribution in [1.82, 2.24) is 10.3 Å². The van der Waals surface area contributed by atoms with Crippen molar-refractivity contribution < 1.29 is 0 Å². The molecule has 1 aromatic heterocycles. The largest absolute Gasteiger partial charge is 0.367 e. The molecule has 1 aliphatic heterocycles. The van der Waals surface area contributed by atoms with Crippen LogP contribution in [0.15, 0.2) is 18.5 Å². The fourth-order valence-electron chi connectivity index (χ4n) is 3.64. The second-order valence-corrected chi connectivity index (χ2v) is 6.07. The van der Waals surface area contributed by atoms with Crippen LogP contribution in [-0.2, 0) is 0 Å². The molecule has 0 aromatic carbocycles. The summed E-state index contributed by atoms with van der Waals surface area (Å²) in [5.41, 5.74) is 2.67. The van der Waals surface area contributed by atoms with E-state index >= 15 is 0 Å². The van der Waals surface area contributed by atoms with Gasteiger partial charge in [-0.2, -0.15) is 0 Å². The fraction of sp³-hybridized carbons (Fsp3) is 0.688. The predicted molar refractivity (Wildman–Crippen MR) is 79.6 cm³/mol. The molecule has 1 saturated heterocycles. The highest BCUT2D eigenvalue weighted by atomic mass is 15.2. The van der Waals surface area contributed by atoms with Crippen molar-refractivity contribution in [3.8, 4) is 0 Å². The highest BCUT2D eigenvalue weighted by Crippen LogP contribution is 2.29. The number of rotatable bonds is 2. The maximum atomic E-state index is 4.30. The van der Waals surface area contributed by atoms with E-state index in [1.165, 1.54) is 43.4 Å². The molecule has 1 N–H and O–H groups in total. The monoisotopic (exact) mass is 259 g/mol. The molecule has 0 spiro atoms. The molecule has 1 atom stereocenters. The number of aryl methyl sites for hydroxylation is 1. The van der Waals surface area contributed by atoms with E-state index in [2.05, 4.69) is 28.2 Å². The Morgan fingerprint density at radius 3 is 2.89 bits per heavy atom. The fourth-order valence-corrected chi connectivity index (χ4v) is 3.64. The third-order valence-corrected chi connectivity index (χ3v) is 4.78. The van der Waals surface area contributed by atoms with Crippen LogP contribution in [0.4, 0.5) is 5.69 Å². The number of aromatic nitrogens is 1. The third-order valence-electron chi connectivity index (χ3n) is 4.78. The minimum atomic E-state index is 0.675. The van der Waals surface area contributed by atoms with E-state index in [1.807, 2.05) is 12.4 Å². The molecule has 0 amide bonds. The van der Waals surface area contributed by atoms with Gasteiger partial charge in [-0.05, 0) is 37.3 Å². The maximum absolute atomic E-state index is 4.30. The van der Waals surface area contributed by atoms with E-state index < -0.39 is 0 Å². The standard InChI is InChI=1S/C16H25N3/c1-13-7-8-17-11-16(13)19-10-9-18-15(12-19)14-5-3-2-4-6-14/h7-8,11,14-15,18H,2-6,9-10,12H2,1H3. The summed E-state index contributed by atoms with van der Waals surface area (Å²) in [6.45, 7) is 5.55. The first-order valence-corrected chi connectivity index (χ1v) is 7.73. The molecule has 1 saturated carbocycles. The van der Waals surface area contributed by atoms with Crippen LogP contribution in [0.5, 0.6) is 0 Å². The van der Waals surface area contributed by atoms with Crippen LogP contribution in [0.3, 0.4) is 0 Å². The van der Waals surface area contributed by atoms with Crippen LogP contribution in [-0.4, -0.2) is 30.7 Å². The van der Waals surface area contributed by atoms with Gasteiger partial charge in [0, 0.05) is 31.9 Å². The molecule has 2 heterocycles. The van der Waals surface area contributed by atoms with Crippen LogP contribution >= 0.6 is 0 Å². The minimum absolute atomic E-state index is 0.675. The van der Waals surface area contributed by atoms with Crippen LogP contribution < -0.4 is 10.2 Å². The van der Waals surface area contributed by atoms with E-state index in [0.717, 1.165) is 25.6 Å². The summed E-state index contributed by atoms with van der Waals surface area (Å²) in [6.07, 6.45) is 11.0. The third kappa shape index (κ3) is 2.92. The topological polar surface area (TPSA) is 28.2 Å². The lowest BCUT2D eigenvalue weighted by atomic mass is 9.83. The number of nitrogens with one attached hydrogen (secondary N) is 1. The molecule has 104 valence electrons. The highest BCUT2D eigenvalue weighted by Gasteiger charge is 2.28. The van der Waals surface area contributed by atoms with Gasteiger partial charge in [0.2, 0.25) is 0 Å². The molecular formula is C16H25N3. The van der Waals surface area contributed by atoms with Crippen LogP contribution in [0.25, 0.3) is 0 Å². The zero-order chi connectivity index (χ0) is 13.1. The second-order valence-electron chi connectivity index (χ2n) is 6.07. The Balaban J connectivity index is 1.69. The van der Waals surface area contributed by atoms with Crippen molar-refractivity contribution in [2.24, 2.45) is 5.92 Å². The maximum Gasteiger partial charge on any atom is 0.0583 e. The van der Waals surface area contributed by atoms with Gasteiger partial charge < -0.3 is 10.2 Å². The molecule has 3 rings (SSSR count). The van der Waals surface area contributed by atoms with Gasteiger partial charge in [0.05, 0.1) is 11.9 Å². The van der Waals surface area contributed by atoms with Crippen molar-refractivity contribution in [1.29, 1.82) is 0 Å². The summed E-state index contributed by atoms with van der Waals surface area (Å²) in [5, 5.41) is 3.75. The van der Waals surface area contributed by atoms with Crippen molar-refractivity contribution in [3.63, 3.8) is 0 Å². The second kappa shape index (κ2) is 5.91. The molecule has 0 bridgehead atoms. The Labute approximate surface area is 116 Å². The number of nitrogens with zero attached hydrogens (tertiary/aromatic N) is 2. The van der Waals surface area contributed by atoms with Gasteiger partial charge in [-0.25, -0.2) is 0 Å². The molecule has 19 heavy (non-hydrogen) atoms. The average molecular weight is 259 g/mol. The van der Waals surface area contributed by atoms with E-state index in [4.69, 9.17) is 0 Å². The summed E-state index contributed by atoms with van der Waals surface area (Å²) in [5.74, 6) is 0.883. The van der Waals surface area contributed by atoms with Crippen LogP contribution in [0.2, 0.25) is 0 Å². The molecule has 3 nitrogen and oxygen atoms in total. The number of pyridine rings is 1.